The van der Waals surface area contributed by atoms with Crippen LogP contribution in [0.5, 0.6) is 0 Å². The molecule has 286 valence electrons. The molecule has 0 aromatic rings. The number of primary amides is 1. The van der Waals surface area contributed by atoms with E-state index in [0.717, 1.165) is 4.90 Å². The van der Waals surface area contributed by atoms with Crippen molar-refractivity contribution < 1.29 is 68.4 Å². The Morgan fingerprint density at radius 3 is 1.69 bits per heavy atom. The minimum Gasteiger partial charge on any atom is -0.481 e. The molecule has 1 rings (SSSR count). The number of aliphatic hydroxyl groups is 1. The van der Waals surface area contributed by atoms with E-state index in [1.54, 1.807) is 0 Å². The Labute approximate surface area is 291 Å². The predicted molar refractivity (Wildman–Crippen MR) is 171 cm³/mol. The van der Waals surface area contributed by atoms with Crippen LogP contribution in [-0.2, 0) is 47.9 Å². The molecule has 0 bridgehead atoms. The number of aliphatic hydroxyl groups excluding tert-OH is 1. The topological polar surface area (TPSA) is 367 Å². The molecule has 0 aromatic heterocycles. The van der Waals surface area contributed by atoms with Gasteiger partial charge in [0.05, 0.1) is 12.6 Å². The standard InChI is InChI=1S/C29H46N8O14/c1-13(23(44)36-18(12-38)28(49)37-11-3-4-19(37)27(48)33-14(2)29(50)51)32-25(46)16(6-9-21(40)41)35-26(47)17(7-10-22(42)43)34-24(45)15(30)5-8-20(31)39/h13-19,38H,3-12,30H2,1-2H3,(H2,31,39)(H,32,46)(H,33,48)(H,34,45)(H,35,47)(H,36,44)(H,40,41)(H,42,43)(H,50,51)/t13-,14-,15-,16-,17-,18-,19-/m0/s1. The van der Waals surface area contributed by atoms with Crippen LogP contribution in [0, 0.1) is 0 Å². The van der Waals surface area contributed by atoms with E-state index in [9.17, 15) is 58.2 Å². The number of nitrogens with two attached hydrogens (primary N) is 2. The number of aliphatic carboxylic acids is 3. The first-order chi connectivity index (χ1) is 23.8. The van der Waals surface area contributed by atoms with Crippen molar-refractivity contribution >= 4 is 59.3 Å². The first kappa shape index (κ1) is 43.6. The zero-order chi connectivity index (χ0) is 39.0. The van der Waals surface area contributed by atoms with Crippen LogP contribution < -0.4 is 38.1 Å². The molecule has 1 saturated heterocycles. The quantitative estimate of drug-likeness (QED) is 0.0496. The lowest BCUT2D eigenvalue weighted by atomic mass is 10.1. The van der Waals surface area contributed by atoms with Gasteiger partial charge in [-0.25, -0.2) is 0 Å². The summed E-state index contributed by atoms with van der Waals surface area (Å²) in [5.74, 6) is -10.5. The van der Waals surface area contributed by atoms with Crippen molar-refractivity contribution in [3.63, 3.8) is 0 Å². The molecule has 7 atom stereocenters. The highest BCUT2D eigenvalue weighted by Gasteiger charge is 2.39. The van der Waals surface area contributed by atoms with E-state index in [1.165, 1.54) is 13.8 Å². The summed E-state index contributed by atoms with van der Waals surface area (Å²) in [7, 11) is 0. The number of amides is 7. The molecule has 13 N–H and O–H groups in total. The summed E-state index contributed by atoms with van der Waals surface area (Å²) >= 11 is 0. The average Bonchev–Trinajstić information content (AvgIpc) is 3.55. The molecule has 0 radical (unpaired) electrons. The second-order valence-corrected chi connectivity index (χ2v) is 11.8. The van der Waals surface area contributed by atoms with Gasteiger partial charge in [-0.2, -0.15) is 0 Å². The molecule has 1 aliphatic heterocycles. The molecular weight excluding hydrogens is 684 g/mol. The van der Waals surface area contributed by atoms with Gasteiger partial charge in [0.1, 0.15) is 36.3 Å². The fourth-order valence-corrected chi connectivity index (χ4v) is 4.79. The number of hydrogen-bond donors (Lipinski definition) is 11. The SMILES string of the molecule is C[C@H](NC(=O)[C@@H]1CCCN1C(=O)[C@H](CO)NC(=O)[C@H](C)NC(=O)[C@H](CCC(=O)O)NC(=O)[C@H](CCC(=O)O)NC(=O)[C@@H](N)CCC(N)=O)C(=O)O. The van der Waals surface area contributed by atoms with Crippen LogP contribution in [0.25, 0.3) is 0 Å². The molecule has 0 saturated carbocycles. The van der Waals surface area contributed by atoms with Gasteiger partial charge < -0.3 is 63.4 Å². The summed E-state index contributed by atoms with van der Waals surface area (Å²) in [6, 6.07) is -9.88. The fourth-order valence-electron chi connectivity index (χ4n) is 4.79. The number of rotatable bonds is 22. The molecule has 0 spiro atoms. The van der Waals surface area contributed by atoms with Crippen molar-refractivity contribution in [1.82, 2.24) is 31.5 Å². The first-order valence-corrected chi connectivity index (χ1v) is 15.9. The first-order valence-electron chi connectivity index (χ1n) is 15.9. The minimum atomic E-state index is -1.64. The zero-order valence-corrected chi connectivity index (χ0v) is 28.1. The van der Waals surface area contributed by atoms with Crippen LogP contribution in [0.4, 0.5) is 0 Å². The van der Waals surface area contributed by atoms with Crippen molar-refractivity contribution in [3.8, 4) is 0 Å². The Hall–Kier alpha value is -5.38. The van der Waals surface area contributed by atoms with Crippen LogP contribution in [-0.4, -0.2) is 140 Å². The van der Waals surface area contributed by atoms with Gasteiger partial charge in [0.25, 0.3) is 0 Å². The summed E-state index contributed by atoms with van der Waals surface area (Å²) in [5, 5.41) is 48.4. The van der Waals surface area contributed by atoms with Crippen LogP contribution >= 0.6 is 0 Å². The van der Waals surface area contributed by atoms with Gasteiger partial charge >= 0.3 is 17.9 Å². The van der Waals surface area contributed by atoms with Crippen molar-refractivity contribution in [2.75, 3.05) is 13.2 Å². The number of hydrogen-bond acceptors (Lipinski definition) is 12. The molecule has 0 unspecified atom stereocenters. The van der Waals surface area contributed by atoms with Gasteiger partial charge in [0.15, 0.2) is 0 Å². The average molecular weight is 731 g/mol. The Morgan fingerprint density at radius 2 is 1.20 bits per heavy atom. The number of carboxylic acids is 3. The molecule has 22 nitrogen and oxygen atoms in total. The summed E-state index contributed by atoms with van der Waals surface area (Å²) in [5.41, 5.74) is 10.8. The molecule has 22 heteroatoms. The number of carbonyl (C=O) groups is 10. The van der Waals surface area contributed by atoms with E-state index in [4.69, 9.17) is 21.7 Å². The molecule has 7 amide bonds. The molecule has 0 aliphatic carbocycles. The maximum absolute atomic E-state index is 13.2. The van der Waals surface area contributed by atoms with E-state index in [1.807, 2.05) is 0 Å². The van der Waals surface area contributed by atoms with Crippen LogP contribution in [0.3, 0.4) is 0 Å². The number of likely N-dealkylation sites (tertiary alicyclic amines) is 1. The summed E-state index contributed by atoms with van der Waals surface area (Å²) < 4.78 is 0. The Balaban J connectivity index is 3.03. The van der Waals surface area contributed by atoms with Gasteiger partial charge in [-0.15, -0.1) is 0 Å². The van der Waals surface area contributed by atoms with Gasteiger partial charge in [-0.1, -0.05) is 0 Å². The number of carbonyl (C=O) groups excluding carboxylic acids is 7. The van der Waals surface area contributed by atoms with E-state index in [0.29, 0.717) is 6.42 Å². The fraction of sp³-hybridized carbons (Fsp3) is 0.655. The van der Waals surface area contributed by atoms with Gasteiger partial charge in [-0.05, 0) is 46.0 Å². The lowest BCUT2D eigenvalue weighted by molar-refractivity contribution is -0.145. The highest BCUT2D eigenvalue weighted by atomic mass is 16.4. The second-order valence-electron chi connectivity index (χ2n) is 11.8. The number of carboxylic acid groups (broad SMARTS) is 3. The second kappa shape index (κ2) is 21.0. The molecule has 1 aliphatic rings. The van der Waals surface area contributed by atoms with E-state index < -0.39 is 134 Å². The lowest BCUT2D eigenvalue weighted by Gasteiger charge is -2.29. The normalized spacial score (nSPS) is 17.3. The van der Waals surface area contributed by atoms with Gasteiger partial charge in [0.2, 0.25) is 41.4 Å². The van der Waals surface area contributed by atoms with Crippen molar-refractivity contribution in [2.24, 2.45) is 11.5 Å². The third kappa shape index (κ3) is 15.0. The highest BCUT2D eigenvalue weighted by Crippen LogP contribution is 2.19. The largest absolute Gasteiger partial charge is 0.481 e. The predicted octanol–water partition coefficient (Wildman–Crippen LogP) is -5.16. The van der Waals surface area contributed by atoms with Crippen LogP contribution in [0.1, 0.15) is 65.2 Å². The smallest absolute Gasteiger partial charge is 0.325 e. The molecular formula is C29H46N8O14. The van der Waals surface area contributed by atoms with E-state index >= 15 is 0 Å². The number of nitrogens with zero attached hydrogens (tertiary/aromatic N) is 1. The Morgan fingerprint density at radius 1 is 0.686 bits per heavy atom. The molecule has 51 heavy (non-hydrogen) atoms. The molecule has 1 heterocycles. The van der Waals surface area contributed by atoms with E-state index in [2.05, 4.69) is 26.6 Å². The minimum absolute atomic E-state index is 0.0647. The van der Waals surface area contributed by atoms with Crippen molar-refractivity contribution in [3.05, 3.63) is 0 Å². The summed E-state index contributed by atoms with van der Waals surface area (Å²) in [6.45, 7) is 1.54. The summed E-state index contributed by atoms with van der Waals surface area (Å²) in [6.07, 6.45) is -2.16. The van der Waals surface area contributed by atoms with E-state index in [-0.39, 0.29) is 25.8 Å². The highest BCUT2D eigenvalue weighted by molar-refractivity contribution is 5.97. The van der Waals surface area contributed by atoms with Gasteiger partial charge in [0, 0.05) is 25.8 Å². The maximum Gasteiger partial charge on any atom is 0.325 e. The van der Waals surface area contributed by atoms with Crippen molar-refractivity contribution in [2.45, 2.75) is 108 Å². The summed E-state index contributed by atoms with van der Waals surface area (Å²) in [4.78, 5) is 123. The molecule has 0 aromatic carbocycles. The van der Waals surface area contributed by atoms with Crippen LogP contribution in [0.15, 0.2) is 0 Å². The molecule has 1 fully saturated rings. The Bertz CT molecular complexity index is 1340. The Kier molecular flexibility index (Phi) is 17.9. The van der Waals surface area contributed by atoms with Crippen LogP contribution in [0.2, 0.25) is 0 Å². The third-order valence-corrected chi connectivity index (χ3v) is 7.72. The zero-order valence-electron chi connectivity index (χ0n) is 28.1. The third-order valence-electron chi connectivity index (χ3n) is 7.72. The monoisotopic (exact) mass is 730 g/mol. The maximum atomic E-state index is 13.2. The van der Waals surface area contributed by atoms with Gasteiger partial charge in [-0.3, -0.25) is 47.9 Å². The number of nitrogens with one attached hydrogen (secondary N) is 5. The lowest BCUT2D eigenvalue weighted by Crippen LogP contribution is -2.59. The van der Waals surface area contributed by atoms with Crippen molar-refractivity contribution in [1.29, 1.82) is 0 Å².